The zero-order valence-corrected chi connectivity index (χ0v) is 19.2. The molecule has 1 aromatic carbocycles. The third kappa shape index (κ3) is 5.78. The lowest BCUT2D eigenvalue weighted by molar-refractivity contribution is 0.136. The zero-order chi connectivity index (χ0) is 22.9. The molecule has 174 valence electrons. The number of aliphatic hydroxyl groups excluding tert-OH is 1. The Morgan fingerprint density at radius 3 is 2.69 bits per heavy atom. The lowest BCUT2D eigenvalue weighted by Gasteiger charge is -2.42. The van der Waals surface area contributed by atoms with Crippen LogP contribution in [-0.4, -0.2) is 59.9 Å². The molecule has 0 aromatic heterocycles. The molecule has 0 bridgehead atoms. The number of benzene rings is 1. The maximum atomic E-state index is 9.75. The van der Waals surface area contributed by atoms with Crippen molar-refractivity contribution in [3.05, 3.63) is 59.9 Å². The molecule has 0 saturated heterocycles. The average molecular weight is 440 g/mol. The number of ether oxygens (including phenoxy) is 1. The number of amidine groups is 1. The first-order chi connectivity index (χ1) is 15.6. The van der Waals surface area contributed by atoms with E-state index in [2.05, 4.69) is 52.7 Å². The smallest absolute Gasteiger partial charge is 0.162 e. The monoisotopic (exact) mass is 439 g/mol. The van der Waals surface area contributed by atoms with Crippen molar-refractivity contribution in [3.63, 3.8) is 0 Å². The van der Waals surface area contributed by atoms with Crippen LogP contribution in [0.3, 0.4) is 0 Å². The summed E-state index contributed by atoms with van der Waals surface area (Å²) in [6, 6.07) is 8.70. The molecule has 1 saturated carbocycles. The Labute approximate surface area is 191 Å². The van der Waals surface area contributed by atoms with Gasteiger partial charge in [0.15, 0.2) is 5.84 Å². The Hall–Kier alpha value is -2.64. The van der Waals surface area contributed by atoms with E-state index >= 15 is 0 Å². The van der Waals surface area contributed by atoms with Crippen LogP contribution in [0.5, 0.6) is 0 Å². The third-order valence-electron chi connectivity index (χ3n) is 6.60. The number of nitrogens with zero attached hydrogens (tertiary/aromatic N) is 4. The normalized spacial score (nSPS) is 19.6. The van der Waals surface area contributed by atoms with Gasteiger partial charge in [0.1, 0.15) is 5.76 Å². The van der Waals surface area contributed by atoms with Gasteiger partial charge in [0.05, 0.1) is 12.1 Å². The maximum Gasteiger partial charge on any atom is 0.162 e. The quantitative estimate of drug-likeness (QED) is 0.145. The van der Waals surface area contributed by atoms with Crippen molar-refractivity contribution in [3.8, 4) is 0 Å². The molecule has 3 N–H and O–H groups in total. The minimum Gasteiger partial charge on any atom is -0.509 e. The predicted octanol–water partition coefficient (Wildman–Crippen LogP) is 3.83. The van der Waals surface area contributed by atoms with Gasteiger partial charge in [0.25, 0.3) is 0 Å². The van der Waals surface area contributed by atoms with Gasteiger partial charge in [-0.1, -0.05) is 49.8 Å². The van der Waals surface area contributed by atoms with Crippen molar-refractivity contribution in [1.82, 2.24) is 9.91 Å². The van der Waals surface area contributed by atoms with Crippen LogP contribution in [0.1, 0.15) is 43.2 Å². The minimum absolute atomic E-state index is 0.00272. The number of hydrazone groups is 2. The number of fused-ring (bicyclic) bond motifs is 1. The van der Waals surface area contributed by atoms with Crippen molar-refractivity contribution in [2.75, 3.05) is 20.3 Å². The number of rotatable bonds is 10. The van der Waals surface area contributed by atoms with Crippen molar-refractivity contribution in [1.29, 1.82) is 0 Å². The highest BCUT2D eigenvalue weighted by atomic mass is 16.5. The van der Waals surface area contributed by atoms with Crippen molar-refractivity contribution in [2.45, 2.75) is 57.2 Å². The molecule has 0 spiro atoms. The molecule has 1 aliphatic carbocycles. The Morgan fingerprint density at radius 1 is 1.34 bits per heavy atom. The molecule has 1 heterocycles. The summed E-state index contributed by atoms with van der Waals surface area (Å²) >= 11 is 0. The van der Waals surface area contributed by atoms with E-state index in [-0.39, 0.29) is 23.8 Å². The second-order valence-electron chi connectivity index (χ2n) is 8.64. The number of methoxy groups -OCH3 is 1. The molecule has 1 fully saturated rings. The molecular formula is C25H37N5O2. The van der Waals surface area contributed by atoms with E-state index in [0.29, 0.717) is 6.61 Å². The van der Waals surface area contributed by atoms with Gasteiger partial charge in [-0.3, -0.25) is 4.90 Å². The number of aliphatic hydroxyl groups is 1. The Bertz CT molecular complexity index is 831. The van der Waals surface area contributed by atoms with E-state index in [0.717, 1.165) is 44.6 Å². The summed E-state index contributed by atoms with van der Waals surface area (Å²) in [7, 11) is 1.70. The third-order valence-corrected chi connectivity index (χ3v) is 6.60. The molecule has 7 nitrogen and oxygen atoms in total. The summed E-state index contributed by atoms with van der Waals surface area (Å²) in [4.78, 5) is 2.42. The summed E-state index contributed by atoms with van der Waals surface area (Å²) in [5, 5.41) is 20.4. The van der Waals surface area contributed by atoms with Crippen LogP contribution in [0.2, 0.25) is 0 Å². The highest BCUT2D eigenvalue weighted by molar-refractivity contribution is 5.88. The average Bonchev–Trinajstić information content (AvgIpc) is 3.34. The van der Waals surface area contributed by atoms with Crippen LogP contribution >= 0.6 is 0 Å². The van der Waals surface area contributed by atoms with Crippen LogP contribution in [0.4, 0.5) is 0 Å². The molecule has 0 radical (unpaired) electrons. The van der Waals surface area contributed by atoms with Gasteiger partial charge in [-0.05, 0) is 42.9 Å². The van der Waals surface area contributed by atoms with E-state index in [9.17, 15) is 5.11 Å². The molecule has 7 heteroatoms. The summed E-state index contributed by atoms with van der Waals surface area (Å²) in [5.74, 6) is 6.80. The SMILES string of the molecule is C=NN(/C(=N\N)C(C(/C=C\C(=C)O)CCOC)N1CCc2ccccc2C1)C1CCCC1. The van der Waals surface area contributed by atoms with E-state index in [1.165, 1.54) is 24.0 Å². The Morgan fingerprint density at radius 2 is 2.06 bits per heavy atom. The van der Waals surface area contributed by atoms with Crippen LogP contribution in [0.15, 0.2) is 59.0 Å². The first-order valence-corrected chi connectivity index (χ1v) is 11.5. The molecule has 2 atom stereocenters. The van der Waals surface area contributed by atoms with Crippen molar-refractivity contribution in [2.24, 2.45) is 22.0 Å². The lowest BCUT2D eigenvalue weighted by atomic mass is 9.89. The molecule has 2 unspecified atom stereocenters. The van der Waals surface area contributed by atoms with Crippen LogP contribution in [-0.2, 0) is 17.7 Å². The summed E-state index contributed by atoms with van der Waals surface area (Å²) in [5.41, 5.74) is 2.70. The van der Waals surface area contributed by atoms with Crippen LogP contribution < -0.4 is 5.84 Å². The van der Waals surface area contributed by atoms with Gasteiger partial charge in [0.2, 0.25) is 0 Å². The van der Waals surface area contributed by atoms with Gasteiger partial charge in [-0.15, -0.1) is 0 Å². The highest BCUT2D eigenvalue weighted by Crippen LogP contribution is 2.31. The molecule has 2 aliphatic rings. The summed E-state index contributed by atoms with van der Waals surface area (Å²) in [6.07, 6.45) is 9.81. The topological polar surface area (TPSA) is 86.7 Å². The zero-order valence-electron chi connectivity index (χ0n) is 19.2. The van der Waals surface area contributed by atoms with Crippen LogP contribution in [0.25, 0.3) is 0 Å². The summed E-state index contributed by atoms with van der Waals surface area (Å²) < 4.78 is 5.42. The van der Waals surface area contributed by atoms with Crippen molar-refractivity contribution >= 4 is 12.6 Å². The van der Waals surface area contributed by atoms with E-state index in [4.69, 9.17) is 10.6 Å². The van der Waals surface area contributed by atoms with Crippen LogP contribution in [0, 0.1) is 5.92 Å². The molecule has 3 rings (SSSR count). The molecule has 1 aliphatic heterocycles. The highest BCUT2D eigenvalue weighted by Gasteiger charge is 2.38. The fourth-order valence-corrected chi connectivity index (χ4v) is 5.02. The second-order valence-corrected chi connectivity index (χ2v) is 8.64. The Kier molecular flexibility index (Phi) is 8.88. The van der Waals surface area contributed by atoms with E-state index < -0.39 is 0 Å². The molecule has 1 aromatic rings. The number of hydrogen-bond donors (Lipinski definition) is 2. The molecule has 32 heavy (non-hydrogen) atoms. The van der Waals surface area contributed by atoms with E-state index in [1.54, 1.807) is 13.2 Å². The van der Waals surface area contributed by atoms with Gasteiger partial charge in [-0.25, -0.2) is 5.01 Å². The van der Waals surface area contributed by atoms with E-state index in [1.807, 2.05) is 11.1 Å². The number of nitrogens with two attached hydrogens (primary N) is 1. The first-order valence-electron chi connectivity index (χ1n) is 11.5. The standard InChI is InChI=1S/C25H37N5O2/c1-19(31)12-13-21(15-17-32-3)24(25(28-26)30(27-2)23-10-6-7-11-23)29-16-14-20-8-4-5-9-22(20)18-29/h4-5,8-9,12-13,21,23-24,31H,1-2,6-7,10-11,14-18,26H2,3H3/b13-12-,28-25-. The number of hydrogen-bond acceptors (Lipinski definition) is 6. The van der Waals surface area contributed by atoms with Gasteiger partial charge in [-0.2, -0.15) is 10.2 Å². The fourth-order valence-electron chi connectivity index (χ4n) is 5.02. The molecule has 0 amide bonds. The lowest BCUT2D eigenvalue weighted by Crippen LogP contribution is -2.54. The van der Waals surface area contributed by atoms with Gasteiger partial charge in [0, 0.05) is 39.4 Å². The predicted molar refractivity (Wildman–Crippen MR) is 131 cm³/mol. The van der Waals surface area contributed by atoms with Gasteiger partial charge < -0.3 is 15.7 Å². The Balaban J connectivity index is 2.00. The summed E-state index contributed by atoms with van der Waals surface area (Å²) in [6.45, 7) is 9.74. The maximum absolute atomic E-state index is 9.75. The number of allylic oxidation sites excluding steroid dienone is 1. The van der Waals surface area contributed by atoms with Gasteiger partial charge >= 0.3 is 0 Å². The fraction of sp³-hybridized carbons (Fsp3) is 0.520. The van der Waals surface area contributed by atoms with Crippen molar-refractivity contribution < 1.29 is 9.84 Å². The minimum atomic E-state index is -0.134. The first kappa shape index (κ1) is 24.0. The molecular weight excluding hydrogens is 402 g/mol. The second kappa shape index (κ2) is 11.8. The largest absolute Gasteiger partial charge is 0.509 e.